The average Bonchev–Trinajstić information content (AvgIpc) is 2.75. The number of ether oxygens (including phenoxy) is 2. The van der Waals surface area contributed by atoms with Crippen LogP contribution in [-0.2, 0) is 11.2 Å². The van der Waals surface area contributed by atoms with Crippen LogP contribution in [0, 0.1) is 5.82 Å². The summed E-state index contributed by atoms with van der Waals surface area (Å²) in [5, 5.41) is 3.30. The van der Waals surface area contributed by atoms with Gasteiger partial charge in [-0.15, -0.1) is 0 Å². The van der Waals surface area contributed by atoms with Crippen molar-refractivity contribution in [2.24, 2.45) is 0 Å². The van der Waals surface area contributed by atoms with Gasteiger partial charge in [0.2, 0.25) is 0 Å². The molecule has 100 valence electrons. The first kappa shape index (κ1) is 13.3. The lowest BCUT2D eigenvalue weighted by Gasteiger charge is -2.10. The van der Waals surface area contributed by atoms with Crippen LogP contribution in [0.25, 0.3) is 0 Å². The number of hydrogen-bond donors (Lipinski definition) is 1. The van der Waals surface area contributed by atoms with E-state index in [0.717, 1.165) is 50.3 Å². The molecule has 0 amide bonds. The lowest BCUT2D eigenvalue weighted by molar-refractivity contribution is 0.196. The summed E-state index contributed by atoms with van der Waals surface area (Å²) in [5.74, 6) is 0.660. The maximum atomic E-state index is 13.0. The molecule has 2 rings (SSSR count). The van der Waals surface area contributed by atoms with Crippen LogP contribution in [0.2, 0.25) is 0 Å². The van der Waals surface area contributed by atoms with Crippen molar-refractivity contribution in [1.82, 2.24) is 5.32 Å². The minimum Gasteiger partial charge on any atom is -0.490 e. The van der Waals surface area contributed by atoms with Gasteiger partial charge in [-0.3, -0.25) is 0 Å². The molecule has 0 fully saturated rings. The fraction of sp³-hybridized carbons (Fsp3) is 0.571. The van der Waals surface area contributed by atoms with Gasteiger partial charge in [-0.05, 0) is 37.6 Å². The van der Waals surface area contributed by atoms with E-state index in [0.29, 0.717) is 0 Å². The molecule has 3 nitrogen and oxygen atoms in total. The van der Waals surface area contributed by atoms with Crippen molar-refractivity contribution >= 4 is 0 Å². The van der Waals surface area contributed by atoms with Gasteiger partial charge in [-0.25, -0.2) is 4.39 Å². The zero-order valence-corrected chi connectivity index (χ0v) is 10.7. The smallest absolute Gasteiger partial charge is 0.123 e. The van der Waals surface area contributed by atoms with Crippen LogP contribution in [0.15, 0.2) is 18.2 Å². The molecule has 0 saturated carbocycles. The molecule has 0 saturated heterocycles. The van der Waals surface area contributed by atoms with Crippen molar-refractivity contribution in [2.45, 2.75) is 25.4 Å². The van der Waals surface area contributed by atoms with E-state index in [4.69, 9.17) is 9.47 Å². The molecule has 1 atom stereocenters. The highest BCUT2D eigenvalue weighted by Crippen LogP contribution is 2.30. The third-order valence-corrected chi connectivity index (χ3v) is 3.13. The van der Waals surface area contributed by atoms with E-state index in [1.54, 1.807) is 19.2 Å². The van der Waals surface area contributed by atoms with Gasteiger partial charge in [0.15, 0.2) is 0 Å². The van der Waals surface area contributed by atoms with Crippen LogP contribution in [-0.4, -0.2) is 32.9 Å². The minimum atomic E-state index is -0.181. The minimum absolute atomic E-state index is 0.181. The van der Waals surface area contributed by atoms with Gasteiger partial charge in [0.05, 0.1) is 6.61 Å². The van der Waals surface area contributed by atoms with E-state index in [9.17, 15) is 4.39 Å². The number of benzene rings is 1. The first-order chi connectivity index (χ1) is 8.79. The number of nitrogens with one attached hydrogen (secondary N) is 1. The predicted octanol–water partition coefficient (Wildman–Crippen LogP) is 2.15. The monoisotopic (exact) mass is 253 g/mol. The van der Waals surface area contributed by atoms with Crippen LogP contribution in [0.3, 0.4) is 0 Å². The molecule has 0 radical (unpaired) electrons. The highest BCUT2D eigenvalue weighted by molar-refractivity contribution is 5.37. The van der Waals surface area contributed by atoms with Gasteiger partial charge in [0.25, 0.3) is 0 Å². The van der Waals surface area contributed by atoms with E-state index >= 15 is 0 Å². The maximum Gasteiger partial charge on any atom is 0.123 e. The van der Waals surface area contributed by atoms with Crippen LogP contribution in [0.5, 0.6) is 5.75 Å². The molecule has 1 unspecified atom stereocenters. The van der Waals surface area contributed by atoms with Crippen LogP contribution < -0.4 is 10.1 Å². The number of hydrogen-bond acceptors (Lipinski definition) is 3. The first-order valence-corrected chi connectivity index (χ1v) is 6.44. The molecule has 1 aromatic rings. The standard InChI is InChI=1S/C14H20FNO2/c1-17-8-7-16-6-2-3-13-10-11-9-12(15)4-5-14(11)18-13/h4-5,9,13,16H,2-3,6-8,10H2,1H3. The number of methoxy groups -OCH3 is 1. The summed E-state index contributed by atoms with van der Waals surface area (Å²) < 4.78 is 23.8. The summed E-state index contributed by atoms with van der Waals surface area (Å²) >= 11 is 0. The Hall–Kier alpha value is -1.13. The second-order valence-corrected chi connectivity index (χ2v) is 4.58. The van der Waals surface area contributed by atoms with E-state index in [-0.39, 0.29) is 11.9 Å². The summed E-state index contributed by atoms with van der Waals surface area (Å²) in [5.41, 5.74) is 0.993. The molecule has 0 aromatic heterocycles. The lowest BCUT2D eigenvalue weighted by atomic mass is 10.1. The maximum absolute atomic E-state index is 13.0. The molecule has 1 aromatic carbocycles. The summed E-state index contributed by atoms with van der Waals surface area (Å²) in [6.07, 6.45) is 3.08. The van der Waals surface area contributed by atoms with Gasteiger partial charge in [-0.2, -0.15) is 0 Å². The molecule has 1 N–H and O–H groups in total. The Bertz CT molecular complexity index is 384. The van der Waals surface area contributed by atoms with E-state index in [1.807, 2.05) is 0 Å². The van der Waals surface area contributed by atoms with Crippen LogP contribution in [0.4, 0.5) is 4.39 Å². The van der Waals surface area contributed by atoms with Crippen molar-refractivity contribution < 1.29 is 13.9 Å². The van der Waals surface area contributed by atoms with Crippen LogP contribution in [0.1, 0.15) is 18.4 Å². The van der Waals surface area contributed by atoms with Crippen molar-refractivity contribution in [3.8, 4) is 5.75 Å². The summed E-state index contributed by atoms with van der Waals surface area (Å²) in [4.78, 5) is 0. The van der Waals surface area contributed by atoms with E-state index in [1.165, 1.54) is 6.07 Å². The van der Waals surface area contributed by atoms with Crippen LogP contribution >= 0.6 is 0 Å². The molecular weight excluding hydrogens is 233 g/mol. The predicted molar refractivity (Wildman–Crippen MR) is 68.5 cm³/mol. The molecule has 4 heteroatoms. The van der Waals surface area contributed by atoms with Gasteiger partial charge in [0, 0.05) is 25.6 Å². The molecule has 0 spiro atoms. The first-order valence-electron chi connectivity index (χ1n) is 6.44. The zero-order valence-electron chi connectivity index (χ0n) is 10.7. The van der Waals surface area contributed by atoms with Gasteiger partial charge in [-0.1, -0.05) is 0 Å². The molecule has 0 bridgehead atoms. The third kappa shape index (κ3) is 3.68. The number of fused-ring (bicyclic) bond motifs is 1. The summed E-state index contributed by atoms with van der Waals surface area (Å²) in [6, 6.07) is 4.75. The van der Waals surface area contributed by atoms with Crippen molar-refractivity contribution in [2.75, 3.05) is 26.8 Å². The third-order valence-electron chi connectivity index (χ3n) is 3.13. The van der Waals surface area contributed by atoms with Crippen molar-refractivity contribution in [1.29, 1.82) is 0 Å². The Morgan fingerprint density at radius 3 is 3.17 bits per heavy atom. The van der Waals surface area contributed by atoms with Gasteiger partial charge >= 0.3 is 0 Å². The molecular formula is C14H20FNO2. The molecule has 1 aliphatic heterocycles. The lowest BCUT2D eigenvalue weighted by Crippen LogP contribution is -2.22. The quantitative estimate of drug-likeness (QED) is 0.755. The van der Waals surface area contributed by atoms with E-state index in [2.05, 4.69) is 5.32 Å². The topological polar surface area (TPSA) is 30.5 Å². The molecule has 0 aliphatic carbocycles. The average molecular weight is 253 g/mol. The Kier molecular flexibility index (Phi) is 4.96. The second kappa shape index (κ2) is 6.71. The van der Waals surface area contributed by atoms with Crippen molar-refractivity contribution in [3.63, 3.8) is 0 Å². The number of rotatable bonds is 7. The molecule has 18 heavy (non-hydrogen) atoms. The highest BCUT2D eigenvalue weighted by atomic mass is 19.1. The Morgan fingerprint density at radius 1 is 1.44 bits per heavy atom. The Morgan fingerprint density at radius 2 is 2.33 bits per heavy atom. The zero-order chi connectivity index (χ0) is 12.8. The highest BCUT2D eigenvalue weighted by Gasteiger charge is 2.22. The number of halogens is 1. The molecule has 1 heterocycles. The Balaban J connectivity index is 1.65. The fourth-order valence-corrected chi connectivity index (χ4v) is 2.20. The Labute approximate surface area is 107 Å². The van der Waals surface area contributed by atoms with E-state index < -0.39 is 0 Å². The summed E-state index contributed by atoms with van der Waals surface area (Å²) in [6.45, 7) is 2.59. The normalized spacial score (nSPS) is 17.6. The van der Waals surface area contributed by atoms with Gasteiger partial charge in [0.1, 0.15) is 17.7 Å². The second-order valence-electron chi connectivity index (χ2n) is 4.58. The largest absolute Gasteiger partial charge is 0.490 e. The fourth-order valence-electron chi connectivity index (χ4n) is 2.20. The SMILES string of the molecule is COCCNCCCC1Cc2cc(F)ccc2O1. The summed E-state index contributed by atoms with van der Waals surface area (Å²) in [7, 11) is 1.70. The van der Waals surface area contributed by atoms with Crippen molar-refractivity contribution in [3.05, 3.63) is 29.6 Å². The molecule has 1 aliphatic rings. The van der Waals surface area contributed by atoms with Gasteiger partial charge < -0.3 is 14.8 Å².